The lowest BCUT2D eigenvalue weighted by Crippen LogP contribution is -1.98. The second kappa shape index (κ2) is 10.1. The summed E-state index contributed by atoms with van der Waals surface area (Å²) in [6.45, 7) is 0.236. The van der Waals surface area contributed by atoms with Crippen molar-refractivity contribution in [1.29, 1.82) is 0 Å². The summed E-state index contributed by atoms with van der Waals surface area (Å²) in [5, 5.41) is 10.7. The van der Waals surface area contributed by atoms with Crippen LogP contribution in [0.1, 0.15) is 21.5 Å². The average Bonchev–Trinajstić information content (AvgIpc) is 2.81. The number of nitro groups is 1. The van der Waals surface area contributed by atoms with Crippen LogP contribution in [0, 0.1) is 10.1 Å². The molecule has 0 aliphatic rings. The van der Waals surface area contributed by atoms with Gasteiger partial charge in [0.1, 0.15) is 12.4 Å². The highest BCUT2D eigenvalue weighted by molar-refractivity contribution is 6.06. The predicted octanol–water partition coefficient (Wildman–Crippen LogP) is 5.09. The molecular formula is C24H21NO6. The van der Waals surface area contributed by atoms with Crippen LogP contribution in [0.3, 0.4) is 0 Å². The van der Waals surface area contributed by atoms with E-state index in [0.29, 0.717) is 22.8 Å². The maximum absolute atomic E-state index is 12.3. The molecule has 0 N–H and O–H groups in total. The number of allylic oxidation sites excluding steroid dienone is 1. The van der Waals surface area contributed by atoms with Crippen LogP contribution < -0.4 is 14.2 Å². The third kappa shape index (κ3) is 5.70. The van der Waals surface area contributed by atoms with E-state index in [-0.39, 0.29) is 18.1 Å². The zero-order valence-corrected chi connectivity index (χ0v) is 17.1. The minimum absolute atomic E-state index is 0.0293. The summed E-state index contributed by atoms with van der Waals surface area (Å²) in [6, 6.07) is 18.4. The first-order valence-corrected chi connectivity index (χ1v) is 9.41. The topological polar surface area (TPSA) is 87.9 Å². The molecule has 7 heteroatoms. The number of nitro benzene ring substituents is 1. The molecule has 0 saturated carbocycles. The van der Waals surface area contributed by atoms with Gasteiger partial charge in [-0.1, -0.05) is 12.1 Å². The highest BCUT2D eigenvalue weighted by atomic mass is 16.6. The Morgan fingerprint density at radius 2 is 1.65 bits per heavy atom. The summed E-state index contributed by atoms with van der Waals surface area (Å²) in [4.78, 5) is 22.6. The third-order valence-electron chi connectivity index (χ3n) is 4.53. The van der Waals surface area contributed by atoms with Gasteiger partial charge >= 0.3 is 0 Å². The van der Waals surface area contributed by atoms with Crippen molar-refractivity contribution in [3.8, 4) is 17.2 Å². The summed E-state index contributed by atoms with van der Waals surface area (Å²) >= 11 is 0. The number of methoxy groups -OCH3 is 2. The number of ketones is 1. The van der Waals surface area contributed by atoms with Crippen molar-refractivity contribution in [2.75, 3.05) is 14.2 Å². The van der Waals surface area contributed by atoms with Crippen molar-refractivity contribution in [2.24, 2.45) is 0 Å². The molecule has 0 saturated heterocycles. The van der Waals surface area contributed by atoms with Crippen LogP contribution in [0.4, 0.5) is 5.69 Å². The Labute approximate surface area is 179 Å². The van der Waals surface area contributed by atoms with Gasteiger partial charge in [-0.05, 0) is 65.7 Å². The van der Waals surface area contributed by atoms with Crippen LogP contribution in [-0.4, -0.2) is 24.9 Å². The first-order valence-electron chi connectivity index (χ1n) is 9.41. The Balaban J connectivity index is 1.66. The molecule has 3 rings (SSSR count). The predicted molar refractivity (Wildman–Crippen MR) is 117 cm³/mol. The number of carbonyl (C=O) groups excluding carboxylic acids is 1. The molecule has 0 fully saturated rings. The normalized spacial score (nSPS) is 10.6. The van der Waals surface area contributed by atoms with E-state index in [1.165, 1.54) is 25.3 Å². The third-order valence-corrected chi connectivity index (χ3v) is 4.53. The monoisotopic (exact) mass is 419 g/mol. The van der Waals surface area contributed by atoms with E-state index in [1.54, 1.807) is 61.7 Å². The number of nitrogens with zero attached hydrogens (tertiary/aromatic N) is 1. The fraction of sp³-hybridized carbons (Fsp3) is 0.125. The van der Waals surface area contributed by atoms with Crippen molar-refractivity contribution in [3.63, 3.8) is 0 Å². The molecule has 0 aromatic heterocycles. The molecular weight excluding hydrogens is 398 g/mol. The minimum Gasteiger partial charge on any atom is -0.497 e. The molecule has 0 radical (unpaired) electrons. The van der Waals surface area contributed by atoms with Crippen LogP contribution in [-0.2, 0) is 6.61 Å². The Morgan fingerprint density at radius 1 is 0.935 bits per heavy atom. The van der Waals surface area contributed by atoms with Gasteiger partial charge in [-0.2, -0.15) is 0 Å². The van der Waals surface area contributed by atoms with Crippen molar-refractivity contribution in [3.05, 3.63) is 99.6 Å². The second-order valence-electron chi connectivity index (χ2n) is 6.55. The van der Waals surface area contributed by atoms with Crippen molar-refractivity contribution >= 4 is 17.5 Å². The van der Waals surface area contributed by atoms with Gasteiger partial charge in [0.25, 0.3) is 5.69 Å². The summed E-state index contributed by atoms with van der Waals surface area (Å²) in [7, 11) is 3.10. The largest absolute Gasteiger partial charge is 0.497 e. The van der Waals surface area contributed by atoms with Gasteiger partial charge in [-0.3, -0.25) is 14.9 Å². The molecule has 7 nitrogen and oxygen atoms in total. The lowest BCUT2D eigenvalue weighted by molar-refractivity contribution is -0.384. The standard InChI is InChI=1S/C24H21NO6/c1-29-21-11-7-19(8-12-21)22(26)13-5-17-6-14-23(24(15-17)30-2)31-16-18-3-9-20(10-4-18)25(27)28/h3-15H,16H2,1-2H3/b13-5+. The van der Waals surface area contributed by atoms with E-state index in [2.05, 4.69) is 0 Å². The van der Waals surface area contributed by atoms with E-state index >= 15 is 0 Å². The zero-order chi connectivity index (χ0) is 22.2. The Bertz CT molecular complexity index is 1090. The van der Waals surface area contributed by atoms with E-state index in [0.717, 1.165) is 11.1 Å². The first-order chi connectivity index (χ1) is 15.0. The number of hydrogen-bond acceptors (Lipinski definition) is 6. The SMILES string of the molecule is COc1ccc(C(=O)/C=C/c2ccc(OCc3ccc([N+](=O)[O-])cc3)c(OC)c2)cc1. The molecule has 158 valence electrons. The molecule has 0 bridgehead atoms. The van der Waals surface area contributed by atoms with Crippen LogP contribution in [0.25, 0.3) is 6.08 Å². The van der Waals surface area contributed by atoms with Gasteiger partial charge in [0.2, 0.25) is 0 Å². The molecule has 0 aliphatic carbocycles. The van der Waals surface area contributed by atoms with Crippen LogP contribution in [0.2, 0.25) is 0 Å². The highest BCUT2D eigenvalue weighted by Crippen LogP contribution is 2.29. The van der Waals surface area contributed by atoms with Gasteiger partial charge < -0.3 is 14.2 Å². The maximum atomic E-state index is 12.3. The second-order valence-corrected chi connectivity index (χ2v) is 6.55. The Kier molecular flexibility index (Phi) is 7.01. The molecule has 3 aromatic carbocycles. The first kappa shape index (κ1) is 21.6. The molecule has 0 spiro atoms. The number of ether oxygens (including phenoxy) is 3. The summed E-state index contributed by atoms with van der Waals surface area (Å²) in [6.07, 6.45) is 3.20. The molecule has 0 unspecified atom stereocenters. The van der Waals surface area contributed by atoms with Gasteiger partial charge in [0.15, 0.2) is 17.3 Å². The quantitative estimate of drug-likeness (QED) is 0.208. The van der Waals surface area contributed by atoms with Crippen LogP contribution >= 0.6 is 0 Å². The van der Waals surface area contributed by atoms with E-state index in [4.69, 9.17) is 14.2 Å². The van der Waals surface area contributed by atoms with E-state index in [1.807, 2.05) is 6.07 Å². The molecule has 3 aromatic rings. The number of rotatable bonds is 9. The van der Waals surface area contributed by atoms with Crippen LogP contribution in [0.5, 0.6) is 17.2 Å². The van der Waals surface area contributed by atoms with Gasteiger partial charge in [-0.25, -0.2) is 0 Å². The van der Waals surface area contributed by atoms with E-state index < -0.39 is 4.92 Å². The van der Waals surface area contributed by atoms with Crippen molar-refractivity contribution in [1.82, 2.24) is 0 Å². The summed E-state index contributed by atoms with van der Waals surface area (Å²) in [5.41, 5.74) is 2.16. The summed E-state index contributed by atoms with van der Waals surface area (Å²) in [5.74, 6) is 1.61. The number of carbonyl (C=O) groups is 1. The maximum Gasteiger partial charge on any atom is 0.269 e. The lowest BCUT2D eigenvalue weighted by Gasteiger charge is -2.11. The van der Waals surface area contributed by atoms with Crippen molar-refractivity contribution < 1.29 is 23.9 Å². The zero-order valence-electron chi connectivity index (χ0n) is 17.1. The van der Waals surface area contributed by atoms with Crippen molar-refractivity contribution in [2.45, 2.75) is 6.61 Å². The Morgan fingerprint density at radius 3 is 2.26 bits per heavy atom. The smallest absolute Gasteiger partial charge is 0.269 e. The number of hydrogen-bond donors (Lipinski definition) is 0. The molecule has 0 atom stereocenters. The molecule has 0 amide bonds. The number of non-ortho nitro benzene ring substituents is 1. The molecule has 0 heterocycles. The summed E-state index contributed by atoms with van der Waals surface area (Å²) < 4.78 is 16.3. The van der Waals surface area contributed by atoms with Gasteiger partial charge in [0.05, 0.1) is 19.1 Å². The Hall–Kier alpha value is -4.13. The molecule has 0 aliphatic heterocycles. The number of benzene rings is 3. The average molecular weight is 419 g/mol. The van der Waals surface area contributed by atoms with Gasteiger partial charge in [-0.15, -0.1) is 0 Å². The lowest BCUT2D eigenvalue weighted by atomic mass is 10.1. The van der Waals surface area contributed by atoms with E-state index in [9.17, 15) is 14.9 Å². The fourth-order valence-corrected chi connectivity index (χ4v) is 2.81. The van der Waals surface area contributed by atoms with Gasteiger partial charge in [0, 0.05) is 17.7 Å². The fourth-order valence-electron chi connectivity index (χ4n) is 2.81. The molecule has 31 heavy (non-hydrogen) atoms. The minimum atomic E-state index is -0.445. The highest BCUT2D eigenvalue weighted by Gasteiger charge is 2.08. The van der Waals surface area contributed by atoms with Crippen LogP contribution in [0.15, 0.2) is 72.8 Å².